The minimum absolute atomic E-state index is 0.000641. The van der Waals surface area contributed by atoms with Crippen molar-refractivity contribution in [3.8, 4) is 0 Å². The van der Waals surface area contributed by atoms with Crippen molar-refractivity contribution < 1.29 is 14.3 Å². The Balaban J connectivity index is 1.74. The van der Waals surface area contributed by atoms with Crippen LogP contribution in [0.5, 0.6) is 0 Å². The quantitative estimate of drug-likeness (QED) is 0.806. The van der Waals surface area contributed by atoms with E-state index in [1.807, 2.05) is 54.3 Å². The highest BCUT2D eigenvalue weighted by Crippen LogP contribution is 2.49. The molecule has 1 amide bonds. The van der Waals surface area contributed by atoms with Crippen molar-refractivity contribution in [3.63, 3.8) is 0 Å². The molecule has 2 aromatic carbocycles. The van der Waals surface area contributed by atoms with Crippen LogP contribution >= 0.6 is 11.8 Å². The fourth-order valence-corrected chi connectivity index (χ4v) is 5.09. The third-order valence-electron chi connectivity index (χ3n) is 5.02. The second-order valence-corrected chi connectivity index (χ2v) is 8.00. The monoisotopic (exact) mass is 382 g/mol. The number of amides is 1. The molecule has 0 saturated carbocycles. The van der Waals surface area contributed by atoms with Crippen LogP contribution in [-0.2, 0) is 16.1 Å². The standard InChI is InChI=1S/C21H22N2O3S/c1-3-26-20(24)17-19-18(15-11-13(2)9-10-16(15)22-17)23(21(25)27-19)12-14-7-5-4-6-8-14/h4-11,17-19,22H,3,12H2,1-2H3/t17-,18-,19+/m1/s1. The van der Waals surface area contributed by atoms with Gasteiger partial charge in [-0.2, -0.15) is 0 Å². The molecule has 0 spiro atoms. The van der Waals surface area contributed by atoms with E-state index >= 15 is 0 Å². The Morgan fingerprint density at radius 3 is 2.74 bits per heavy atom. The number of benzene rings is 2. The smallest absolute Gasteiger partial charge is 0.329 e. The Morgan fingerprint density at radius 1 is 1.22 bits per heavy atom. The minimum Gasteiger partial charge on any atom is -0.464 e. The molecule has 0 aliphatic carbocycles. The van der Waals surface area contributed by atoms with Crippen molar-refractivity contribution >= 4 is 28.7 Å². The van der Waals surface area contributed by atoms with E-state index in [2.05, 4.69) is 11.4 Å². The summed E-state index contributed by atoms with van der Waals surface area (Å²) in [5, 5.41) is 3.10. The van der Waals surface area contributed by atoms with Gasteiger partial charge < -0.3 is 15.0 Å². The first-order valence-electron chi connectivity index (χ1n) is 9.13. The Bertz CT molecular complexity index is 871. The average Bonchev–Trinajstić information content (AvgIpc) is 2.98. The Hall–Kier alpha value is -2.47. The summed E-state index contributed by atoms with van der Waals surface area (Å²) in [6, 6.07) is 15.4. The van der Waals surface area contributed by atoms with Crippen LogP contribution in [-0.4, -0.2) is 34.0 Å². The van der Waals surface area contributed by atoms with Gasteiger partial charge in [0, 0.05) is 12.2 Å². The number of rotatable bonds is 4. The highest BCUT2D eigenvalue weighted by molar-refractivity contribution is 8.14. The van der Waals surface area contributed by atoms with Crippen LogP contribution in [0.25, 0.3) is 0 Å². The Labute approximate surface area is 163 Å². The summed E-state index contributed by atoms with van der Waals surface area (Å²) in [6.45, 7) is 4.68. The first-order chi connectivity index (χ1) is 13.1. The number of carbonyl (C=O) groups is 2. The van der Waals surface area contributed by atoms with Crippen LogP contribution in [0.1, 0.15) is 29.7 Å². The number of aryl methyl sites for hydroxylation is 1. The van der Waals surface area contributed by atoms with Gasteiger partial charge in [0.2, 0.25) is 0 Å². The van der Waals surface area contributed by atoms with Gasteiger partial charge in [-0.3, -0.25) is 4.79 Å². The molecule has 0 unspecified atom stereocenters. The number of hydrogen-bond acceptors (Lipinski definition) is 5. The zero-order valence-electron chi connectivity index (χ0n) is 15.3. The fourth-order valence-electron chi connectivity index (χ4n) is 3.81. The zero-order valence-corrected chi connectivity index (χ0v) is 16.2. The first-order valence-corrected chi connectivity index (χ1v) is 10.0. The fraction of sp³-hybridized carbons (Fsp3) is 0.333. The van der Waals surface area contributed by atoms with Gasteiger partial charge in [0.15, 0.2) is 0 Å². The third kappa shape index (κ3) is 3.30. The van der Waals surface area contributed by atoms with E-state index in [9.17, 15) is 9.59 Å². The molecule has 1 N–H and O–H groups in total. The second kappa shape index (κ2) is 7.27. The van der Waals surface area contributed by atoms with Crippen LogP contribution in [0.3, 0.4) is 0 Å². The van der Waals surface area contributed by atoms with Gasteiger partial charge in [-0.05, 0) is 31.0 Å². The lowest BCUT2D eigenvalue weighted by Crippen LogP contribution is -2.47. The maximum absolute atomic E-state index is 12.9. The number of hydrogen-bond donors (Lipinski definition) is 1. The maximum Gasteiger partial charge on any atom is 0.329 e. The second-order valence-electron chi connectivity index (χ2n) is 6.87. The van der Waals surface area contributed by atoms with Crippen LogP contribution in [0.15, 0.2) is 48.5 Å². The van der Waals surface area contributed by atoms with Crippen molar-refractivity contribution in [1.82, 2.24) is 4.90 Å². The van der Waals surface area contributed by atoms with Gasteiger partial charge in [0.1, 0.15) is 6.04 Å². The number of anilines is 1. The number of thioether (sulfide) groups is 1. The molecule has 2 aromatic rings. The van der Waals surface area contributed by atoms with Crippen molar-refractivity contribution in [2.45, 2.75) is 37.7 Å². The average molecular weight is 382 g/mol. The van der Waals surface area contributed by atoms with Gasteiger partial charge in [-0.1, -0.05) is 59.8 Å². The molecule has 5 nitrogen and oxygen atoms in total. The van der Waals surface area contributed by atoms with Crippen molar-refractivity contribution in [2.75, 3.05) is 11.9 Å². The number of ether oxygens (including phenoxy) is 1. The van der Waals surface area contributed by atoms with E-state index in [0.29, 0.717) is 13.2 Å². The highest BCUT2D eigenvalue weighted by atomic mass is 32.2. The van der Waals surface area contributed by atoms with E-state index in [1.54, 1.807) is 6.92 Å². The van der Waals surface area contributed by atoms with Crippen LogP contribution < -0.4 is 5.32 Å². The maximum atomic E-state index is 12.9. The number of fused-ring (bicyclic) bond motifs is 3. The Morgan fingerprint density at radius 2 is 2.00 bits per heavy atom. The predicted octanol–water partition coefficient (Wildman–Crippen LogP) is 4.13. The topological polar surface area (TPSA) is 58.6 Å². The number of esters is 1. The number of nitrogens with zero attached hydrogens (tertiary/aromatic N) is 1. The van der Waals surface area contributed by atoms with E-state index in [-0.39, 0.29) is 22.5 Å². The van der Waals surface area contributed by atoms with Gasteiger partial charge in [-0.25, -0.2) is 4.79 Å². The van der Waals surface area contributed by atoms with Crippen LogP contribution in [0.4, 0.5) is 10.5 Å². The molecule has 27 heavy (non-hydrogen) atoms. The first kappa shape index (κ1) is 17.9. The molecule has 1 saturated heterocycles. The van der Waals surface area contributed by atoms with Crippen LogP contribution in [0.2, 0.25) is 0 Å². The van der Waals surface area contributed by atoms with Gasteiger partial charge in [0.05, 0.1) is 17.9 Å². The molecule has 0 radical (unpaired) electrons. The summed E-state index contributed by atoms with van der Waals surface area (Å²) >= 11 is 1.23. The Kier molecular flexibility index (Phi) is 4.83. The highest BCUT2D eigenvalue weighted by Gasteiger charge is 2.51. The van der Waals surface area contributed by atoms with Gasteiger partial charge in [-0.15, -0.1) is 0 Å². The molecule has 1 fully saturated rings. The predicted molar refractivity (Wildman–Crippen MR) is 107 cm³/mol. The van der Waals surface area contributed by atoms with E-state index in [1.165, 1.54) is 11.8 Å². The molecule has 4 rings (SSSR count). The normalized spacial score (nSPS) is 23.4. The molecule has 140 valence electrons. The lowest BCUT2D eigenvalue weighted by molar-refractivity contribution is -0.144. The molecule has 0 bridgehead atoms. The molecule has 2 aliphatic heterocycles. The van der Waals surface area contributed by atoms with E-state index in [4.69, 9.17) is 4.74 Å². The summed E-state index contributed by atoms with van der Waals surface area (Å²) in [7, 11) is 0. The zero-order chi connectivity index (χ0) is 19.0. The minimum atomic E-state index is -0.542. The summed E-state index contributed by atoms with van der Waals surface area (Å²) in [5.41, 5.74) is 4.17. The molecular formula is C21H22N2O3S. The number of carbonyl (C=O) groups excluding carboxylic acids is 2. The molecule has 2 heterocycles. The third-order valence-corrected chi connectivity index (χ3v) is 6.26. The molecular weight excluding hydrogens is 360 g/mol. The molecule has 0 aromatic heterocycles. The SMILES string of the molecule is CCOC(=O)[C@@H]1Nc2ccc(C)cc2[C@@H]2[C@H]1SC(=O)N2Cc1ccccc1. The molecule has 3 atom stereocenters. The van der Waals surface area contributed by atoms with Gasteiger partial charge in [0.25, 0.3) is 5.24 Å². The van der Waals surface area contributed by atoms with E-state index < -0.39 is 6.04 Å². The summed E-state index contributed by atoms with van der Waals surface area (Å²) in [5.74, 6) is -0.305. The number of nitrogens with one attached hydrogen (secondary N) is 1. The lowest BCUT2D eigenvalue weighted by Gasteiger charge is -2.37. The largest absolute Gasteiger partial charge is 0.464 e. The summed E-state index contributed by atoms with van der Waals surface area (Å²) < 4.78 is 5.27. The van der Waals surface area contributed by atoms with Crippen molar-refractivity contribution in [1.29, 1.82) is 0 Å². The summed E-state index contributed by atoms with van der Waals surface area (Å²) in [4.78, 5) is 27.3. The van der Waals surface area contributed by atoms with Crippen molar-refractivity contribution in [3.05, 3.63) is 65.2 Å². The van der Waals surface area contributed by atoms with Gasteiger partial charge >= 0.3 is 5.97 Å². The summed E-state index contributed by atoms with van der Waals surface area (Å²) in [6.07, 6.45) is 0. The van der Waals surface area contributed by atoms with E-state index in [0.717, 1.165) is 22.4 Å². The van der Waals surface area contributed by atoms with Crippen LogP contribution in [0, 0.1) is 6.92 Å². The molecule has 2 aliphatic rings. The van der Waals surface area contributed by atoms with Crippen molar-refractivity contribution in [2.24, 2.45) is 0 Å². The molecule has 6 heteroatoms. The lowest BCUT2D eigenvalue weighted by atomic mass is 9.90.